The van der Waals surface area contributed by atoms with E-state index in [1.54, 1.807) is 6.33 Å². The molecule has 0 bridgehead atoms. The van der Waals surface area contributed by atoms with Crippen molar-refractivity contribution in [2.24, 2.45) is 0 Å². The van der Waals surface area contributed by atoms with Crippen molar-refractivity contribution in [1.29, 1.82) is 0 Å². The molecule has 0 spiro atoms. The molecule has 0 aliphatic heterocycles. The second-order valence-electron chi connectivity index (χ2n) is 4.51. The number of benzene rings is 1. The van der Waals surface area contributed by atoms with E-state index in [-0.39, 0.29) is 0 Å². The molecule has 0 saturated heterocycles. The van der Waals surface area contributed by atoms with E-state index in [0.717, 1.165) is 29.7 Å². The number of nitrogens with zero attached hydrogens (tertiary/aromatic N) is 3. The highest BCUT2D eigenvalue weighted by molar-refractivity contribution is 9.10. The summed E-state index contributed by atoms with van der Waals surface area (Å²) in [6.07, 6.45) is 3.51. The quantitative estimate of drug-likeness (QED) is 0.888. The summed E-state index contributed by atoms with van der Waals surface area (Å²) in [6.45, 7) is 2.95. The minimum absolute atomic E-state index is 0.371. The second kappa shape index (κ2) is 6.82. The number of aromatic nitrogens is 3. The Kier molecular flexibility index (Phi) is 5.10. The third kappa shape index (κ3) is 3.88. The zero-order valence-corrected chi connectivity index (χ0v) is 12.9. The molecule has 2 aromatic rings. The van der Waals surface area contributed by atoms with Gasteiger partial charge in [-0.1, -0.05) is 28.1 Å². The lowest BCUT2D eigenvalue weighted by molar-refractivity contribution is 0.513. The minimum Gasteiger partial charge on any atom is -0.316 e. The number of nitrogens with one attached hydrogen (secondary N) is 1. The van der Waals surface area contributed by atoms with Crippen molar-refractivity contribution >= 4 is 15.9 Å². The Bertz CT molecular complexity index is 506. The average molecular weight is 323 g/mol. The standard InChI is InChI=1S/C14H19BrN4/c1-3-19-14(17-10-18-19)9-13(16-2)8-11-4-6-12(15)7-5-11/h4-7,10,13,16H,3,8-9H2,1-2H3. The van der Waals surface area contributed by atoms with Gasteiger partial charge >= 0.3 is 0 Å². The lowest BCUT2D eigenvalue weighted by Gasteiger charge is -2.16. The Labute approximate surface area is 122 Å². The second-order valence-corrected chi connectivity index (χ2v) is 5.43. The van der Waals surface area contributed by atoms with Crippen molar-refractivity contribution < 1.29 is 0 Å². The van der Waals surface area contributed by atoms with Crippen LogP contribution < -0.4 is 5.32 Å². The maximum absolute atomic E-state index is 4.33. The normalized spacial score (nSPS) is 12.6. The zero-order chi connectivity index (χ0) is 13.7. The molecule has 0 fully saturated rings. The number of likely N-dealkylation sites (N-methyl/N-ethyl adjacent to an activating group) is 1. The Morgan fingerprint density at radius 1 is 1.26 bits per heavy atom. The van der Waals surface area contributed by atoms with E-state index in [0.29, 0.717) is 6.04 Å². The van der Waals surface area contributed by atoms with Gasteiger partial charge in [0.1, 0.15) is 12.2 Å². The Balaban J connectivity index is 2.02. The highest BCUT2D eigenvalue weighted by Crippen LogP contribution is 2.13. The SMILES string of the molecule is CCn1ncnc1CC(Cc1ccc(Br)cc1)NC. The van der Waals surface area contributed by atoms with E-state index in [2.05, 4.69) is 62.5 Å². The summed E-state index contributed by atoms with van der Waals surface area (Å²) in [4.78, 5) is 4.33. The predicted octanol–water partition coefficient (Wildman–Crippen LogP) is 2.43. The summed E-state index contributed by atoms with van der Waals surface area (Å²) in [5.74, 6) is 1.04. The third-order valence-electron chi connectivity index (χ3n) is 3.23. The van der Waals surface area contributed by atoms with Gasteiger partial charge in [0.25, 0.3) is 0 Å². The molecule has 0 radical (unpaired) electrons. The van der Waals surface area contributed by atoms with Gasteiger partial charge in [0, 0.05) is 23.5 Å². The van der Waals surface area contributed by atoms with Crippen LogP contribution in [0.2, 0.25) is 0 Å². The molecule has 0 aliphatic carbocycles. The molecule has 102 valence electrons. The molecule has 1 unspecified atom stereocenters. The summed E-state index contributed by atoms with van der Waals surface area (Å²) >= 11 is 3.46. The van der Waals surface area contributed by atoms with E-state index < -0.39 is 0 Å². The van der Waals surface area contributed by atoms with Crippen molar-refractivity contribution in [3.63, 3.8) is 0 Å². The van der Waals surface area contributed by atoms with Crippen LogP contribution in [0.15, 0.2) is 35.1 Å². The molecule has 1 aromatic carbocycles. The van der Waals surface area contributed by atoms with Crippen molar-refractivity contribution in [2.45, 2.75) is 32.4 Å². The van der Waals surface area contributed by atoms with Gasteiger partial charge in [0.05, 0.1) is 0 Å². The predicted molar refractivity (Wildman–Crippen MR) is 80.1 cm³/mol. The average Bonchev–Trinajstić information content (AvgIpc) is 2.87. The van der Waals surface area contributed by atoms with Gasteiger partial charge in [-0.05, 0) is 38.1 Å². The molecule has 4 nitrogen and oxygen atoms in total. The molecule has 0 aliphatic rings. The first-order valence-electron chi connectivity index (χ1n) is 6.51. The number of hydrogen-bond acceptors (Lipinski definition) is 3. The van der Waals surface area contributed by atoms with E-state index >= 15 is 0 Å². The van der Waals surface area contributed by atoms with Crippen LogP contribution in [-0.2, 0) is 19.4 Å². The molecular weight excluding hydrogens is 304 g/mol. The van der Waals surface area contributed by atoms with Gasteiger partial charge < -0.3 is 5.32 Å². The fourth-order valence-electron chi connectivity index (χ4n) is 2.11. The van der Waals surface area contributed by atoms with E-state index in [4.69, 9.17) is 0 Å². The highest BCUT2D eigenvalue weighted by atomic mass is 79.9. The van der Waals surface area contributed by atoms with Gasteiger partial charge in [-0.25, -0.2) is 4.98 Å². The molecule has 1 atom stereocenters. The van der Waals surface area contributed by atoms with Gasteiger partial charge in [0.2, 0.25) is 0 Å². The van der Waals surface area contributed by atoms with Gasteiger partial charge in [-0.2, -0.15) is 5.10 Å². The molecule has 5 heteroatoms. The molecular formula is C14H19BrN4. The fourth-order valence-corrected chi connectivity index (χ4v) is 2.38. The van der Waals surface area contributed by atoms with Crippen LogP contribution in [0.25, 0.3) is 0 Å². The van der Waals surface area contributed by atoms with E-state index in [9.17, 15) is 0 Å². The van der Waals surface area contributed by atoms with Crippen LogP contribution in [0.1, 0.15) is 18.3 Å². The van der Waals surface area contributed by atoms with Crippen LogP contribution in [0.3, 0.4) is 0 Å². The monoisotopic (exact) mass is 322 g/mol. The molecule has 1 aromatic heterocycles. The topological polar surface area (TPSA) is 42.7 Å². The number of halogens is 1. The maximum Gasteiger partial charge on any atom is 0.138 e. The van der Waals surface area contributed by atoms with Crippen LogP contribution in [0.4, 0.5) is 0 Å². The Morgan fingerprint density at radius 3 is 2.63 bits per heavy atom. The minimum atomic E-state index is 0.371. The zero-order valence-electron chi connectivity index (χ0n) is 11.3. The molecule has 19 heavy (non-hydrogen) atoms. The lowest BCUT2D eigenvalue weighted by Crippen LogP contribution is -2.31. The van der Waals surface area contributed by atoms with Gasteiger partial charge in [-0.3, -0.25) is 4.68 Å². The number of hydrogen-bond donors (Lipinski definition) is 1. The molecule has 0 saturated carbocycles. The molecule has 1 N–H and O–H groups in total. The van der Waals surface area contributed by atoms with Crippen molar-refractivity contribution in [3.8, 4) is 0 Å². The van der Waals surface area contributed by atoms with Gasteiger partial charge in [0.15, 0.2) is 0 Å². The Hall–Kier alpha value is -1.20. The first-order chi connectivity index (χ1) is 9.22. The molecule has 2 rings (SSSR count). The summed E-state index contributed by atoms with van der Waals surface area (Å²) < 4.78 is 3.06. The summed E-state index contributed by atoms with van der Waals surface area (Å²) in [5, 5.41) is 7.57. The highest BCUT2D eigenvalue weighted by Gasteiger charge is 2.12. The van der Waals surface area contributed by atoms with Crippen molar-refractivity contribution in [3.05, 3.63) is 46.5 Å². The van der Waals surface area contributed by atoms with Crippen molar-refractivity contribution in [2.75, 3.05) is 7.05 Å². The maximum atomic E-state index is 4.33. The smallest absolute Gasteiger partial charge is 0.138 e. The van der Waals surface area contributed by atoms with E-state index in [1.165, 1.54) is 5.56 Å². The summed E-state index contributed by atoms with van der Waals surface area (Å²) in [7, 11) is 2.00. The van der Waals surface area contributed by atoms with Gasteiger partial charge in [-0.15, -0.1) is 0 Å². The largest absolute Gasteiger partial charge is 0.316 e. The number of aryl methyl sites for hydroxylation is 1. The van der Waals surface area contributed by atoms with Crippen LogP contribution in [0.5, 0.6) is 0 Å². The first kappa shape index (κ1) is 14.2. The van der Waals surface area contributed by atoms with E-state index in [1.807, 2.05) is 11.7 Å². The number of rotatable bonds is 6. The van der Waals surface area contributed by atoms with Crippen molar-refractivity contribution in [1.82, 2.24) is 20.1 Å². The lowest BCUT2D eigenvalue weighted by atomic mass is 10.0. The van der Waals surface area contributed by atoms with Crippen LogP contribution in [-0.4, -0.2) is 27.9 Å². The van der Waals surface area contributed by atoms with Crippen LogP contribution in [0, 0.1) is 0 Å². The molecule has 1 heterocycles. The first-order valence-corrected chi connectivity index (χ1v) is 7.30. The Morgan fingerprint density at radius 2 is 2.00 bits per heavy atom. The summed E-state index contributed by atoms with van der Waals surface area (Å²) in [6, 6.07) is 8.83. The third-order valence-corrected chi connectivity index (χ3v) is 3.76. The van der Waals surface area contributed by atoms with Crippen LogP contribution >= 0.6 is 15.9 Å². The molecule has 0 amide bonds. The summed E-state index contributed by atoms with van der Waals surface area (Å²) in [5.41, 5.74) is 1.32. The fraction of sp³-hybridized carbons (Fsp3) is 0.429.